The first-order chi connectivity index (χ1) is 15.8. The molecule has 1 unspecified atom stereocenters. The summed E-state index contributed by atoms with van der Waals surface area (Å²) in [4.78, 5) is 14.6. The fourth-order valence-electron chi connectivity index (χ4n) is 4.37. The first-order valence-corrected chi connectivity index (χ1v) is 10.8. The molecule has 2 N–H and O–H groups in total. The fourth-order valence-corrected chi connectivity index (χ4v) is 4.37. The Morgan fingerprint density at radius 1 is 1.00 bits per heavy atom. The van der Waals surface area contributed by atoms with Crippen molar-refractivity contribution in [2.24, 2.45) is 5.73 Å². The maximum atomic E-state index is 14.9. The molecule has 0 spiro atoms. The van der Waals surface area contributed by atoms with Crippen LogP contribution in [0.1, 0.15) is 36.9 Å². The van der Waals surface area contributed by atoms with Gasteiger partial charge in [-0.15, -0.1) is 0 Å². The number of carbonyl (C=O) groups is 1. The Morgan fingerprint density at radius 2 is 1.64 bits per heavy atom. The first-order valence-electron chi connectivity index (χ1n) is 10.8. The molecule has 1 aliphatic heterocycles. The third kappa shape index (κ3) is 4.59. The highest BCUT2D eigenvalue weighted by Gasteiger charge is 2.43. The van der Waals surface area contributed by atoms with E-state index in [1.807, 2.05) is 0 Å². The van der Waals surface area contributed by atoms with E-state index in [1.165, 1.54) is 42.5 Å². The molecule has 1 fully saturated rings. The van der Waals surface area contributed by atoms with Crippen molar-refractivity contribution in [1.82, 2.24) is 4.90 Å². The normalized spacial score (nSPS) is 19.3. The standard InChI is InChI=1S/C26H25F3N2O2/c1-17(19-4-11-23(24(29)16-19)18-2-7-21(27)8-3-18)31-15-13-26(12-14-30,33-25(31)32)20-5-9-22(28)10-6-20/h2-11,16-17H,12-15,30H2,1H3/t17-,26?/m0/s1. The zero-order valence-corrected chi connectivity index (χ0v) is 18.2. The molecule has 0 aromatic heterocycles. The van der Waals surface area contributed by atoms with Gasteiger partial charge in [-0.2, -0.15) is 0 Å². The van der Waals surface area contributed by atoms with Crippen molar-refractivity contribution in [2.75, 3.05) is 13.1 Å². The number of benzene rings is 3. The molecule has 0 aliphatic carbocycles. The Kier molecular flexibility index (Phi) is 6.42. The molecule has 1 amide bonds. The molecule has 1 saturated heterocycles. The van der Waals surface area contributed by atoms with Gasteiger partial charge in [-0.3, -0.25) is 0 Å². The van der Waals surface area contributed by atoms with Crippen LogP contribution in [-0.4, -0.2) is 24.1 Å². The van der Waals surface area contributed by atoms with Gasteiger partial charge >= 0.3 is 6.09 Å². The van der Waals surface area contributed by atoms with Crippen molar-refractivity contribution in [2.45, 2.75) is 31.4 Å². The van der Waals surface area contributed by atoms with E-state index in [0.29, 0.717) is 48.2 Å². The van der Waals surface area contributed by atoms with Crippen molar-refractivity contribution in [3.8, 4) is 11.1 Å². The van der Waals surface area contributed by atoms with Gasteiger partial charge in [0.15, 0.2) is 0 Å². The molecule has 4 nitrogen and oxygen atoms in total. The van der Waals surface area contributed by atoms with Crippen molar-refractivity contribution < 1.29 is 22.7 Å². The molecular formula is C26H25F3N2O2. The number of cyclic esters (lactones) is 1. The van der Waals surface area contributed by atoms with E-state index in [4.69, 9.17) is 10.5 Å². The van der Waals surface area contributed by atoms with E-state index in [9.17, 15) is 18.0 Å². The Bertz CT molecular complexity index is 1140. The minimum Gasteiger partial charge on any atom is -0.438 e. The second kappa shape index (κ2) is 9.27. The summed E-state index contributed by atoms with van der Waals surface area (Å²) in [5.41, 5.74) is 7.10. The first kappa shape index (κ1) is 22.9. The number of carbonyl (C=O) groups excluding carboxylic acids is 1. The lowest BCUT2D eigenvalue weighted by molar-refractivity contribution is -0.0640. The Labute approximate surface area is 190 Å². The van der Waals surface area contributed by atoms with Gasteiger partial charge in [0.05, 0.1) is 6.04 Å². The van der Waals surface area contributed by atoms with Crippen molar-refractivity contribution in [3.63, 3.8) is 0 Å². The minimum absolute atomic E-state index is 0.302. The summed E-state index contributed by atoms with van der Waals surface area (Å²) < 4.78 is 47.3. The highest BCUT2D eigenvalue weighted by atomic mass is 19.1. The molecule has 0 bridgehead atoms. The molecular weight excluding hydrogens is 429 g/mol. The predicted octanol–water partition coefficient (Wildman–Crippen LogP) is 5.92. The Hall–Kier alpha value is -3.32. The van der Waals surface area contributed by atoms with Crippen LogP contribution in [0, 0.1) is 17.5 Å². The Morgan fingerprint density at radius 3 is 2.21 bits per heavy atom. The van der Waals surface area contributed by atoms with Crippen LogP contribution in [-0.2, 0) is 10.3 Å². The van der Waals surface area contributed by atoms with E-state index < -0.39 is 23.6 Å². The van der Waals surface area contributed by atoms with E-state index in [0.717, 1.165) is 0 Å². The Balaban J connectivity index is 1.54. The van der Waals surface area contributed by atoms with Crippen LogP contribution in [0.3, 0.4) is 0 Å². The predicted molar refractivity (Wildman–Crippen MR) is 120 cm³/mol. The van der Waals surface area contributed by atoms with Gasteiger partial charge in [-0.25, -0.2) is 18.0 Å². The number of ether oxygens (including phenoxy) is 1. The lowest BCUT2D eigenvalue weighted by Gasteiger charge is -2.43. The van der Waals surface area contributed by atoms with E-state index in [1.54, 1.807) is 36.1 Å². The van der Waals surface area contributed by atoms with Gasteiger partial charge in [0.1, 0.15) is 23.1 Å². The lowest BCUT2D eigenvalue weighted by Crippen LogP contribution is -2.49. The van der Waals surface area contributed by atoms with Crippen LogP contribution in [0.5, 0.6) is 0 Å². The van der Waals surface area contributed by atoms with Gasteiger partial charge in [0.25, 0.3) is 0 Å². The lowest BCUT2D eigenvalue weighted by atomic mass is 9.85. The van der Waals surface area contributed by atoms with Gasteiger partial charge in [-0.05, 0) is 60.5 Å². The number of rotatable bonds is 6. The number of halogens is 3. The fraction of sp³-hybridized carbons (Fsp3) is 0.269. The summed E-state index contributed by atoms with van der Waals surface area (Å²) in [6.45, 7) is 2.48. The molecule has 33 heavy (non-hydrogen) atoms. The second-order valence-corrected chi connectivity index (χ2v) is 8.27. The average molecular weight is 454 g/mol. The van der Waals surface area contributed by atoms with Gasteiger partial charge in [0.2, 0.25) is 0 Å². The maximum absolute atomic E-state index is 14.9. The molecule has 2 atom stereocenters. The largest absolute Gasteiger partial charge is 0.438 e. The van der Waals surface area contributed by atoms with E-state index in [-0.39, 0.29) is 11.6 Å². The molecule has 0 saturated carbocycles. The third-order valence-corrected chi connectivity index (χ3v) is 6.29. The number of hydrogen-bond acceptors (Lipinski definition) is 3. The van der Waals surface area contributed by atoms with Crippen molar-refractivity contribution >= 4 is 6.09 Å². The number of nitrogens with zero attached hydrogens (tertiary/aromatic N) is 1. The van der Waals surface area contributed by atoms with Crippen LogP contribution in [0.25, 0.3) is 11.1 Å². The zero-order valence-electron chi connectivity index (χ0n) is 18.2. The molecule has 0 radical (unpaired) electrons. The maximum Gasteiger partial charge on any atom is 0.411 e. The molecule has 3 aromatic rings. The quantitative estimate of drug-likeness (QED) is 0.503. The summed E-state index contributed by atoms with van der Waals surface area (Å²) in [5.74, 6) is -1.22. The summed E-state index contributed by atoms with van der Waals surface area (Å²) in [6, 6.07) is 15.8. The summed E-state index contributed by atoms with van der Waals surface area (Å²) in [6.07, 6.45) is 0.352. The van der Waals surface area contributed by atoms with Crippen LogP contribution < -0.4 is 5.73 Å². The SMILES string of the molecule is C[C@@H](c1ccc(-c2ccc(F)cc2)c(F)c1)N1CCC(CCN)(c2ccc(F)cc2)OC1=O. The molecule has 3 aromatic carbocycles. The summed E-state index contributed by atoms with van der Waals surface area (Å²) in [7, 11) is 0. The third-order valence-electron chi connectivity index (χ3n) is 6.29. The minimum atomic E-state index is -0.923. The molecule has 1 heterocycles. The monoisotopic (exact) mass is 454 g/mol. The van der Waals surface area contributed by atoms with E-state index >= 15 is 0 Å². The zero-order chi connectivity index (χ0) is 23.6. The average Bonchev–Trinajstić information content (AvgIpc) is 2.80. The van der Waals surface area contributed by atoms with Crippen LogP contribution in [0.2, 0.25) is 0 Å². The smallest absolute Gasteiger partial charge is 0.411 e. The van der Waals surface area contributed by atoms with Crippen LogP contribution >= 0.6 is 0 Å². The van der Waals surface area contributed by atoms with E-state index in [2.05, 4.69) is 0 Å². The molecule has 7 heteroatoms. The number of amides is 1. The second-order valence-electron chi connectivity index (χ2n) is 8.27. The van der Waals surface area contributed by atoms with Gasteiger partial charge < -0.3 is 15.4 Å². The molecule has 172 valence electrons. The number of hydrogen-bond donors (Lipinski definition) is 1. The summed E-state index contributed by atoms with van der Waals surface area (Å²) >= 11 is 0. The van der Waals surface area contributed by atoms with Crippen LogP contribution in [0.4, 0.5) is 18.0 Å². The van der Waals surface area contributed by atoms with Gasteiger partial charge in [-0.1, -0.05) is 36.4 Å². The van der Waals surface area contributed by atoms with Crippen molar-refractivity contribution in [1.29, 1.82) is 0 Å². The van der Waals surface area contributed by atoms with Gasteiger partial charge in [0, 0.05) is 24.9 Å². The van der Waals surface area contributed by atoms with Crippen LogP contribution in [0.15, 0.2) is 66.7 Å². The molecule has 4 rings (SSSR count). The van der Waals surface area contributed by atoms with Crippen molar-refractivity contribution in [3.05, 3.63) is 95.3 Å². The molecule has 1 aliphatic rings. The summed E-state index contributed by atoms with van der Waals surface area (Å²) in [5, 5.41) is 0. The number of nitrogens with two attached hydrogens (primary N) is 1. The highest BCUT2D eigenvalue weighted by Crippen LogP contribution is 2.39. The highest BCUT2D eigenvalue weighted by molar-refractivity contribution is 5.70. The topological polar surface area (TPSA) is 55.6 Å².